The number of carbonyl (C=O) groups excluding carboxylic acids is 1. The lowest BCUT2D eigenvalue weighted by atomic mass is 10.2. The van der Waals surface area contributed by atoms with E-state index in [1.54, 1.807) is 17.4 Å². The molecule has 0 radical (unpaired) electrons. The second-order valence-corrected chi connectivity index (χ2v) is 7.10. The smallest absolute Gasteiger partial charge is 0.272 e. The SMILES string of the molecule is Cc1ccc(-c2cc(C(=O)NCc3noc([C@H]4CCCO4)n3)n[nH]2)s1. The molecule has 1 saturated heterocycles. The molecule has 4 rings (SSSR count). The van der Waals surface area contributed by atoms with Crippen molar-refractivity contribution in [3.8, 4) is 10.6 Å². The predicted octanol–water partition coefficient (Wildman–Crippen LogP) is 2.61. The Kier molecular flexibility index (Phi) is 4.33. The van der Waals surface area contributed by atoms with E-state index in [-0.39, 0.29) is 18.6 Å². The van der Waals surface area contributed by atoms with Crippen LogP contribution in [0, 0.1) is 6.92 Å². The van der Waals surface area contributed by atoms with Gasteiger partial charge in [-0.3, -0.25) is 9.89 Å². The lowest BCUT2D eigenvalue weighted by Gasteiger charge is -2.00. The minimum atomic E-state index is -0.292. The lowest BCUT2D eigenvalue weighted by molar-refractivity contribution is 0.0835. The van der Waals surface area contributed by atoms with Gasteiger partial charge < -0.3 is 14.6 Å². The molecule has 0 saturated carbocycles. The number of aromatic nitrogens is 4. The zero-order valence-corrected chi connectivity index (χ0v) is 14.4. The van der Waals surface area contributed by atoms with Gasteiger partial charge >= 0.3 is 0 Å². The Morgan fingerprint density at radius 1 is 1.48 bits per heavy atom. The van der Waals surface area contributed by atoms with Crippen LogP contribution in [0.15, 0.2) is 22.7 Å². The highest BCUT2D eigenvalue weighted by Gasteiger charge is 2.24. The second-order valence-electron chi connectivity index (χ2n) is 5.81. The Balaban J connectivity index is 1.37. The summed E-state index contributed by atoms with van der Waals surface area (Å²) in [7, 11) is 0. The summed E-state index contributed by atoms with van der Waals surface area (Å²) in [5.41, 5.74) is 1.15. The Morgan fingerprint density at radius 2 is 2.40 bits per heavy atom. The Labute approximate surface area is 147 Å². The zero-order valence-electron chi connectivity index (χ0n) is 13.6. The summed E-state index contributed by atoms with van der Waals surface area (Å²) in [5.74, 6) is 0.597. The number of H-pyrrole nitrogens is 1. The predicted molar refractivity (Wildman–Crippen MR) is 90.0 cm³/mol. The molecule has 3 aromatic heterocycles. The van der Waals surface area contributed by atoms with Gasteiger partial charge in [0.1, 0.15) is 6.10 Å². The summed E-state index contributed by atoms with van der Waals surface area (Å²) in [6, 6.07) is 5.76. The van der Waals surface area contributed by atoms with Crippen LogP contribution in [0.3, 0.4) is 0 Å². The molecule has 0 spiro atoms. The molecule has 8 nitrogen and oxygen atoms in total. The van der Waals surface area contributed by atoms with Gasteiger partial charge in [-0.25, -0.2) is 0 Å². The highest BCUT2D eigenvalue weighted by Crippen LogP contribution is 2.27. The van der Waals surface area contributed by atoms with Crippen molar-refractivity contribution >= 4 is 17.2 Å². The molecule has 1 aliphatic heterocycles. The van der Waals surface area contributed by atoms with Crippen LogP contribution in [0.1, 0.15) is 46.0 Å². The Hall–Kier alpha value is -2.52. The number of amides is 1. The van der Waals surface area contributed by atoms with Crippen LogP contribution in [0.25, 0.3) is 10.6 Å². The van der Waals surface area contributed by atoms with Gasteiger partial charge in [-0.1, -0.05) is 5.16 Å². The van der Waals surface area contributed by atoms with E-state index in [1.807, 2.05) is 19.1 Å². The quantitative estimate of drug-likeness (QED) is 0.725. The van der Waals surface area contributed by atoms with Gasteiger partial charge in [-0.15, -0.1) is 11.3 Å². The molecule has 9 heteroatoms. The molecule has 0 aromatic carbocycles. The number of rotatable bonds is 5. The number of carbonyl (C=O) groups is 1. The van der Waals surface area contributed by atoms with Gasteiger partial charge in [0.05, 0.1) is 17.1 Å². The van der Waals surface area contributed by atoms with E-state index in [9.17, 15) is 4.79 Å². The van der Waals surface area contributed by atoms with E-state index >= 15 is 0 Å². The fraction of sp³-hybridized carbons (Fsp3) is 0.375. The molecule has 1 aliphatic rings. The maximum absolute atomic E-state index is 12.2. The standard InChI is InChI=1S/C16H17N5O3S/c1-9-4-5-13(25-9)10-7-11(20-19-10)15(22)17-8-14-18-16(24-21-14)12-3-2-6-23-12/h4-5,7,12H,2-3,6,8H2,1H3,(H,17,22)(H,19,20)/t12-/m1/s1. The van der Waals surface area contributed by atoms with Gasteiger partial charge in [0.2, 0.25) is 0 Å². The Bertz CT molecular complexity index is 878. The third kappa shape index (κ3) is 3.47. The first-order valence-corrected chi connectivity index (χ1v) is 8.85. The van der Waals surface area contributed by atoms with Crippen LogP contribution < -0.4 is 5.32 Å². The van der Waals surface area contributed by atoms with E-state index in [1.165, 1.54) is 4.88 Å². The topological polar surface area (TPSA) is 106 Å². The van der Waals surface area contributed by atoms with Gasteiger partial charge in [0.15, 0.2) is 11.5 Å². The van der Waals surface area contributed by atoms with Gasteiger partial charge in [-0.2, -0.15) is 10.1 Å². The molecule has 1 fully saturated rings. The molecule has 130 valence electrons. The molecule has 1 atom stereocenters. The average molecular weight is 359 g/mol. The summed E-state index contributed by atoms with van der Waals surface area (Å²) in [4.78, 5) is 18.7. The highest BCUT2D eigenvalue weighted by molar-refractivity contribution is 7.15. The van der Waals surface area contributed by atoms with E-state index in [2.05, 4.69) is 25.7 Å². The average Bonchev–Trinajstić information content (AvgIpc) is 3.38. The highest BCUT2D eigenvalue weighted by atomic mass is 32.1. The van der Waals surface area contributed by atoms with Crippen LogP contribution >= 0.6 is 11.3 Å². The maximum atomic E-state index is 12.2. The van der Waals surface area contributed by atoms with Crippen molar-refractivity contribution in [2.24, 2.45) is 0 Å². The third-order valence-electron chi connectivity index (χ3n) is 3.91. The summed E-state index contributed by atoms with van der Waals surface area (Å²) in [6.45, 7) is 2.92. The first-order chi connectivity index (χ1) is 12.2. The number of nitrogens with one attached hydrogen (secondary N) is 2. The van der Waals surface area contributed by atoms with Crippen LogP contribution in [-0.2, 0) is 11.3 Å². The molecule has 25 heavy (non-hydrogen) atoms. The fourth-order valence-corrected chi connectivity index (χ4v) is 3.47. The van der Waals surface area contributed by atoms with E-state index in [4.69, 9.17) is 9.26 Å². The molecule has 0 aliphatic carbocycles. The van der Waals surface area contributed by atoms with Gasteiger partial charge in [-0.05, 0) is 38.0 Å². The van der Waals surface area contributed by atoms with Crippen molar-refractivity contribution in [3.05, 3.63) is 40.5 Å². The second kappa shape index (κ2) is 6.77. The van der Waals surface area contributed by atoms with Crippen molar-refractivity contribution in [1.82, 2.24) is 25.7 Å². The third-order valence-corrected chi connectivity index (χ3v) is 4.95. The van der Waals surface area contributed by atoms with E-state index < -0.39 is 0 Å². The Morgan fingerprint density at radius 3 is 3.16 bits per heavy atom. The number of aryl methyl sites for hydroxylation is 1. The molecule has 4 heterocycles. The largest absolute Gasteiger partial charge is 0.368 e. The summed E-state index contributed by atoms with van der Waals surface area (Å²) < 4.78 is 10.7. The monoisotopic (exact) mass is 359 g/mol. The first-order valence-electron chi connectivity index (χ1n) is 8.03. The number of hydrogen-bond donors (Lipinski definition) is 2. The molecular weight excluding hydrogens is 342 g/mol. The first kappa shape index (κ1) is 16.0. The molecular formula is C16H17N5O3S. The summed E-state index contributed by atoms with van der Waals surface area (Å²) in [5, 5.41) is 13.6. The van der Waals surface area contributed by atoms with Crippen LogP contribution in [0.5, 0.6) is 0 Å². The number of ether oxygens (including phenoxy) is 1. The number of thiophene rings is 1. The molecule has 1 amide bonds. The lowest BCUT2D eigenvalue weighted by Crippen LogP contribution is -2.23. The molecule has 3 aromatic rings. The van der Waals surface area contributed by atoms with E-state index in [0.29, 0.717) is 24.0 Å². The van der Waals surface area contributed by atoms with Crippen LogP contribution in [-0.4, -0.2) is 32.9 Å². The number of hydrogen-bond acceptors (Lipinski definition) is 7. The van der Waals surface area contributed by atoms with Crippen molar-refractivity contribution in [1.29, 1.82) is 0 Å². The maximum Gasteiger partial charge on any atom is 0.272 e. The number of nitrogens with zero attached hydrogens (tertiary/aromatic N) is 3. The molecule has 2 N–H and O–H groups in total. The fourth-order valence-electron chi connectivity index (χ4n) is 2.64. The minimum Gasteiger partial charge on any atom is -0.368 e. The minimum absolute atomic E-state index is 0.125. The van der Waals surface area contributed by atoms with E-state index in [0.717, 1.165) is 23.4 Å². The molecule has 0 unspecified atom stereocenters. The number of aromatic amines is 1. The summed E-state index contributed by atoms with van der Waals surface area (Å²) in [6.07, 6.45) is 1.75. The van der Waals surface area contributed by atoms with Crippen LogP contribution in [0.4, 0.5) is 0 Å². The van der Waals surface area contributed by atoms with Crippen molar-refractivity contribution in [2.75, 3.05) is 6.61 Å². The van der Waals surface area contributed by atoms with Crippen molar-refractivity contribution in [3.63, 3.8) is 0 Å². The van der Waals surface area contributed by atoms with Crippen molar-refractivity contribution < 1.29 is 14.1 Å². The summed E-state index contributed by atoms with van der Waals surface area (Å²) >= 11 is 1.64. The van der Waals surface area contributed by atoms with Crippen molar-refractivity contribution in [2.45, 2.75) is 32.4 Å². The van der Waals surface area contributed by atoms with Crippen LogP contribution in [0.2, 0.25) is 0 Å². The van der Waals surface area contributed by atoms with Gasteiger partial charge in [0.25, 0.3) is 11.8 Å². The molecule has 0 bridgehead atoms. The zero-order chi connectivity index (χ0) is 17.2. The normalized spacial score (nSPS) is 17.1. The van der Waals surface area contributed by atoms with Gasteiger partial charge in [0, 0.05) is 11.5 Å².